The van der Waals surface area contributed by atoms with Crippen molar-refractivity contribution in [3.8, 4) is 0 Å². The lowest BCUT2D eigenvalue weighted by Crippen LogP contribution is -2.36. The molecular weight excluding hydrogens is 516 g/mol. The molecule has 0 fully saturated rings. The van der Waals surface area contributed by atoms with Crippen LogP contribution in [-0.2, 0) is 17.8 Å². The molecule has 0 saturated heterocycles. The fourth-order valence-electron chi connectivity index (χ4n) is 4.84. The first-order valence-electron chi connectivity index (χ1n) is 13.7. The molecule has 0 atom stereocenters. The monoisotopic (exact) mass is 550 g/mol. The van der Waals surface area contributed by atoms with Crippen LogP contribution in [0, 0.1) is 6.92 Å². The van der Waals surface area contributed by atoms with Crippen LogP contribution in [0.25, 0.3) is 27.1 Å². The smallest absolute Gasteiger partial charge is 0.264 e. The number of fused-ring (bicyclic) bond motifs is 2. The van der Waals surface area contributed by atoms with Crippen molar-refractivity contribution in [2.24, 2.45) is 0 Å². The first-order chi connectivity index (χ1) is 19.5. The van der Waals surface area contributed by atoms with Crippen LogP contribution in [0.1, 0.15) is 45.4 Å². The van der Waals surface area contributed by atoms with Crippen LogP contribution < -0.4 is 10.9 Å². The van der Waals surface area contributed by atoms with Crippen molar-refractivity contribution in [1.82, 2.24) is 20.7 Å². The number of para-hydroxylation sites is 1. The Morgan fingerprint density at radius 3 is 2.58 bits per heavy atom. The van der Waals surface area contributed by atoms with E-state index in [1.54, 1.807) is 17.4 Å². The predicted molar refractivity (Wildman–Crippen MR) is 165 cm³/mol. The number of hydrazine groups is 1. The average molecular weight is 551 g/mol. The lowest BCUT2D eigenvalue weighted by molar-refractivity contribution is -0.117. The first kappa shape index (κ1) is 27.4. The molecule has 2 amide bonds. The average Bonchev–Trinajstić information content (AvgIpc) is 3.55. The Labute approximate surface area is 238 Å². The van der Waals surface area contributed by atoms with Gasteiger partial charge in [0.1, 0.15) is 0 Å². The van der Waals surface area contributed by atoms with E-state index in [4.69, 9.17) is 0 Å². The van der Waals surface area contributed by atoms with Gasteiger partial charge < -0.3 is 9.88 Å². The number of rotatable bonds is 11. The second-order valence-corrected chi connectivity index (χ2v) is 11.0. The molecule has 5 rings (SSSR count). The number of amides is 2. The molecule has 0 aliphatic rings. The molecule has 0 aliphatic heterocycles. The Balaban J connectivity index is 1.34. The largest absolute Gasteiger partial charge is 0.358 e. The molecule has 0 aliphatic carbocycles. The maximum absolute atomic E-state index is 13.8. The first-order valence-corrected chi connectivity index (χ1v) is 14.5. The van der Waals surface area contributed by atoms with E-state index in [-0.39, 0.29) is 11.8 Å². The third-order valence-corrected chi connectivity index (χ3v) is 8.05. The van der Waals surface area contributed by atoms with Gasteiger partial charge in [0.15, 0.2) is 0 Å². The van der Waals surface area contributed by atoms with Gasteiger partial charge in [0, 0.05) is 47.0 Å². The highest BCUT2D eigenvalue weighted by Crippen LogP contribution is 2.28. The molecule has 0 unspecified atom stereocenters. The number of benzene rings is 3. The number of aromatic amines is 1. The molecule has 5 aromatic rings. The maximum atomic E-state index is 13.8. The minimum absolute atomic E-state index is 0.0407. The number of nitrogens with zero attached hydrogens (tertiary/aromatic N) is 1. The molecule has 0 spiro atoms. The zero-order chi connectivity index (χ0) is 27.9. The fourth-order valence-corrected chi connectivity index (χ4v) is 5.87. The van der Waals surface area contributed by atoms with Crippen LogP contribution in [-0.4, -0.2) is 34.8 Å². The van der Waals surface area contributed by atoms with Crippen LogP contribution in [0.5, 0.6) is 0 Å². The highest BCUT2D eigenvalue weighted by molar-refractivity contribution is 7.20. The Hall–Kier alpha value is -4.20. The molecule has 2 aromatic heterocycles. The standard InChI is InChI=1S/C33H34N4O2S/c1-3-19-34-36-32(38)17-16-24-12-14-25(15-13-24)22-37(33(39)31-21-26-8-4-7-11-30(26)40-31)20-18-27-23(2)35-29-10-6-5-9-28(27)29/h4-17,21,34-35H,3,18-20,22H2,1-2H3,(H,36,38)/b17-16+. The van der Waals surface area contributed by atoms with Gasteiger partial charge in [-0.25, -0.2) is 5.43 Å². The summed E-state index contributed by atoms with van der Waals surface area (Å²) in [5.41, 5.74) is 11.0. The third-order valence-electron chi connectivity index (χ3n) is 6.95. The van der Waals surface area contributed by atoms with E-state index in [1.807, 2.05) is 60.4 Å². The second kappa shape index (κ2) is 12.8. The molecule has 0 bridgehead atoms. The van der Waals surface area contributed by atoms with Crippen molar-refractivity contribution in [1.29, 1.82) is 0 Å². The summed E-state index contributed by atoms with van der Waals surface area (Å²) >= 11 is 1.54. The summed E-state index contributed by atoms with van der Waals surface area (Å²) in [6.45, 7) is 5.96. The van der Waals surface area contributed by atoms with Gasteiger partial charge in [-0.1, -0.05) is 67.6 Å². The molecule has 2 heterocycles. The number of aromatic nitrogens is 1. The number of H-pyrrole nitrogens is 1. The van der Waals surface area contributed by atoms with Crippen molar-refractivity contribution in [2.75, 3.05) is 13.1 Å². The van der Waals surface area contributed by atoms with Gasteiger partial charge in [-0.2, -0.15) is 0 Å². The summed E-state index contributed by atoms with van der Waals surface area (Å²) in [5, 5.41) is 2.30. The Bertz CT molecular complexity index is 1620. The summed E-state index contributed by atoms with van der Waals surface area (Å²) in [5.74, 6) is -0.149. The van der Waals surface area contributed by atoms with Gasteiger partial charge in [0.2, 0.25) is 0 Å². The van der Waals surface area contributed by atoms with E-state index in [0.717, 1.165) is 56.7 Å². The lowest BCUT2D eigenvalue weighted by Gasteiger charge is -2.23. The van der Waals surface area contributed by atoms with Crippen molar-refractivity contribution in [3.05, 3.63) is 112 Å². The van der Waals surface area contributed by atoms with E-state index in [9.17, 15) is 9.59 Å². The minimum atomic E-state index is -0.190. The molecule has 6 nitrogen and oxygen atoms in total. The van der Waals surface area contributed by atoms with Gasteiger partial charge in [-0.15, -0.1) is 11.3 Å². The number of thiophene rings is 1. The zero-order valence-corrected chi connectivity index (χ0v) is 23.7. The van der Waals surface area contributed by atoms with Crippen LogP contribution in [0.15, 0.2) is 84.9 Å². The number of carbonyl (C=O) groups is 2. The fraction of sp³-hybridized carbons (Fsp3) is 0.212. The summed E-state index contributed by atoms with van der Waals surface area (Å²) in [6, 6.07) is 26.4. The van der Waals surface area contributed by atoms with Crippen LogP contribution >= 0.6 is 11.3 Å². The van der Waals surface area contributed by atoms with E-state index in [1.165, 1.54) is 17.0 Å². The van der Waals surface area contributed by atoms with Gasteiger partial charge in [0.05, 0.1) is 4.88 Å². The molecule has 3 N–H and O–H groups in total. The molecule has 40 heavy (non-hydrogen) atoms. The Morgan fingerprint density at radius 2 is 1.77 bits per heavy atom. The SMILES string of the molecule is CCCNNC(=O)/C=C/c1ccc(CN(CCc2c(C)[nH]c3ccccc23)C(=O)c2cc3ccccc3s2)cc1. The van der Waals surface area contributed by atoms with Crippen molar-refractivity contribution in [2.45, 2.75) is 33.2 Å². The van der Waals surface area contributed by atoms with Crippen molar-refractivity contribution in [3.63, 3.8) is 0 Å². The highest BCUT2D eigenvalue weighted by Gasteiger charge is 2.20. The van der Waals surface area contributed by atoms with E-state index in [2.05, 4.69) is 53.1 Å². The topological polar surface area (TPSA) is 77.2 Å². The molecule has 0 saturated carbocycles. The quantitative estimate of drug-likeness (QED) is 0.0983. The Morgan fingerprint density at radius 1 is 1.00 bits per heavy atom. The van der Waals surface area contributed by atoms with Crippen LogP contribution in [0.2, 0.25) is 0 Å². The second-order valence-electron chi connectivity index (χ2n) is 9.89. The molecule has 0 radical (unpaired) electrons. The molecule has 7 heteroatoms. The van der Waals surface area contributed by atoms with E-state index in [0.29, 0.717) is 13.1 Å². The number of carbonyl (C=O) groups excluding carboxylic acids is 2. The van der Waals surface area contributed by atoms with E-state index < -0.39 is 0 Å². The summed E-state index contributed by atoms with van der Waals surface area (Å²) in [4.78, 5) is 32.0. The number of aryl methyl sites for hydroxylation is 1. The summed E-state index contributed by atoms with van der Waals surface area (Å²) in [7, 11) is 0. The number of hydrogen-bond acceptors (Lipinski definition) is 4. The van der Waals surface area contributed by atoms with E-state index >= 15 is 0 Å². The number of nitrogens with one attached hydrogen (secondary N) is 3. The van der Waals surface area contributed by atoms with Crippen molar-refractivity contribution >= 4 is 50.2 Å². The summed E-state index contributed by atoms with van der Waals surface area (Å²) in [6.07, 6.45) is 4.99. The highest BCUT2D eigenvalue weighted by atomic mass is 32.1. The van der Waals surface area contributed by atoms with Crippen LogP contribution in [0.3, 0.4) is 0 Å². The zero-order valence-electron chi connectivity index (χ0n) is 22.9. The van der Waals surface area contributed by atoms with Crippen LogP contribution in [0.4, 0.5) is 0 Å². The number of hydrogen-bond donors (Lipinski definition) is 3. The summed E-state index contributed by atoms with van der Waals surface area (Å²) < 4.78 is 1.11. The maximum Gasteiger partial charge on any atom is 0.264 e. The predicted octanol–water partition coefficient (Wildman–Crippen LogP) is 6.62. The van der Waals surface area contributed by atoms with Gasteiger partial charge >= 0.3 is 0 Å². The molecule has 204 valence electrons. The lowest BCUT2D eigenvalue weighted by atomic mass is 10.1. The van der Waals surface area contributed by atoms with Crippen molar-refractivity contribution < 1.29 is 9.59 Å². The minimum Gasteiger partial charge on any atom is -0.358 e. The normalized spacial score (nSPS) is 11.4. The Kier molecular flexibility index (Phi) is 8.74. The van der Waals surface area contributed by atoms with Gasteiger partial charge in [-0.05, 0) is 66.1 Å². The van der Waals surface area contributed by atoms with Gasteiger partial charge in [-0.3, -0.25) is 15.0 Å². The molecular formula is C33H34N4O2S. The molecule has 3 aromatic carbocycles. The van der Waals surface area contributed by atoms with Gasteiger partial charge in [0.25, 0.3) is 11.8 Å². The third kappa shape index (κ3) is 6.50.